The molecule has 15 heavy (non-hydrogen) atoms. The quantitative estimate of drug-likeness (QED) is 0.402. The zero-order chi connectivity index (χ0) is 11.1. The third-order valence-corrected chi connectivity index (χ3v) is 2.70. The molecule has 0 spiro atoms. The van der Waals surface area contributed by atoms with Crippen molar-refractivity contribution in [1.29, 1.82) is 0 Å². The van der Waals surface area contributed by atoms with E-state index in [1.807, 2.05) is 0 Å². The summed E-state index contributed by atoms with van der Waals surface area (Å²) in [6, 6.07) is 0.247. The SMILES string of the molecule is COC(=O)/C=C/N(C=O)C1CCCCC1. The van der Waals surface area contributed by atoms with E-state index in [4.69, 9.17) is 0 Å². The summed E-state index contributed by atoms with van der Waals surface area (Å²) in [4.78, 5) is 23.3. The first kappa shape index (κ1) is 11.8. The molecular formula is C11H17NO3. The van der Waals surface area contributed by atoms with Gasteiger partial charge in [0.05, 0.1) is 7.11 Å². The molecule has 1 saturated carbocycles. The van der Waals surface area contributed by atoms with Gasteiger partial charge in [0, 0.05) is 18.3 Å². The van der Waals surface area contributed by atoms with Gasteiger partial charge in [-0.25, -0.2) is 4.79 Å². The molecule has 1 amide bonds. The molecule has 4 nitrogen and oxygen atoms in total. The molecule has 0 saturated heterocycles. The summed E-state index contributed by atoms with van der Waals surface area (Å²) in [5.41, 5.74) is 0. The number of carbonyl (C=O) groups is 2. The van der Waals surface area contributed by atoms with E-state index >= 15 is 0 Å². The lowest BCUT2D eigenvalue weighted by Crippen LogP contribution is -2.31. The molecule has 0 bridgehead atoms. The average Bonchev–Trinajstić information content (AvgIpc) is 2.31. The van der Waals surface area contributed by atoms with E-state index in [0.29, 0.717) is 0 Å². The van der Waals surface area contributed by atoms with Gasteiger partial charge in [0.15, 0.2) is 0 Å². The van der Waals surface area contributed by atoms with Crippen LogP contribution < -0.4 is 0 Å². The number of rotatable bonds is 4. The summed E-state index contributed by atoms with van der Waals surface area (Å²) >= 11 is 0. The van der Waals surface area contributed by atoms with Gasteiger partial charge in [-0.3, -0.25) is 4.79 Å². The maximum absolute atomic E-state index is 10.9. The van der Waals surface area contributed by atoms with Gasteiger partial charge >= 0.3 is 5.97 Å². The van der Waals surface area contributed by atoms with Crippen molar-refractivity contribution in [2.24, 2.45) is 0 Å². The predicted molar refractivity (Wildman–Crippen MR) is 55.9 cm³/mol. The van der Waals surface area contributed by atoms with Crippen LogP contribution in [0, 0.1) is 0 Å². The highest BCUT2D eigenvalue weighted by Gasteiger charge is 2.17. The summed E-state index contributed by atoms with van der Waals surface area (Å²) in [5, 5.41) is 0. The third kappa shape index (κ3) is 3.73. The van der Waals surface area contributed by atoms with Crippen molar-refractivity contribution in [2.75, 3.05) is 7.11 Å². The van der Waals surface area contributed by atoms with E-state index in [-0.39, 0.29) is 6.04 Å². The van der Waals surface area contributed by atoms with Crippen LogP contribution in [-0.4, -0.2) is 30.4 Å². The molecule has 4 heteroatoms. The summed E-state index contributed by atoms with van der Waals surface area (Å²) in [5.74, 6) is -0.433. The number of carbonyl (C=O) groups excluding carboxylic acids is 2. The average molecular weight is 211 g/mol. The van der Waals surface area contributed by atoms with Crippen LogP contribution >= 0.6 is 0 Å². The summed E-state index contributed by atoms with van der Waals surface area (Å²) < 4.78 is 4.46. The minimum Gasteiger partial charge on any atom is -0.466 e. The molecule has 0 radical (unpaired) electrons. The molecular weight excluding hydrogens is 194 g/mol. The Kier molecular flexibility index (Phi) is 4.87. The van der Waals surface area contributed by atoms with Crippen molar-refractivity contribution in [3.05, 3.63) is 12.3 Å². The van der Waals surface area contributed by atoms with Crippen molar-refractivity contribution in [1.82, 2.24) is 4.90 Å². The Morgan fingerprint density at radius 3 is 2.53 bits per heavy atom. The lowest BCUT2D eigenvalue weighted by molar-refractivity contribution is -0.134. The zero-order valence-electron chi connectivity index (χ0n) is 9.02. The van der Waals surface area contributed by atoms with E-state index < -0.39 is 5.97 Å². The minimum absolute atomic E-state index is 0.247. The molecule has 0 aromatic carbocycles. The molecule has 0 unspecified atom stereocenters. The predicted octanol–water partition coefficient (Wildman–Crippen LogP) is 1.46. The largest absolute Gasteiger partial charge is 0.466 e. The first-order valence-corrected chi connectivity index (χ1v) is 5.27. The lowest BCUT2D eigenvalue weighted by Gasteiger charge is -2.28. The van der Waals surface area contributed by atoms with E-state index in [9.17, 15) is 9.59 Å². The molecule has 0 atom stereocenters. The molecule has 0 heterocycles. The van der Waals surface area contributed by atoms with E-state index in [0.717, 1.165) is 32.1 Å². The van der Waals surface area contributed by atoms with Gasteiger partial charge in [-0.1, -0.05) is 19.3 Å². The first-order chi connectivity index (χ1) is 7.27. The number of hydrogen-bond acceptors (Lipinski definition) is 3. The van der Waals surface area contributed by atoms with Gasteiger partial charge in [0.25, 0.3) is 0 Å². The summed E-state index contributed by atoms with van der Waals surface area (Å²) in [6.07, 6.45) is 9.15. The van der Waals surface area contributed by atoms with Crippen molar-refractivity contribution >= 4 is 12.4 Å². The van der Waals surface area contributed by atoms with Crippen molar-refractivity contribution in [3.63, 3.8) is 0 Å². The van der Waals surface area contributed by atoms with Crippen molar-refractivity contribution in [3.8, 4) is 0 Å². The Labute approximate surface area is 89.9 Å². The van der Waals surface area contributed by atoms with Gasteiger partial charge in [-0.2, -0.15) is 0 Å². The second-order valence-electron chi connectivity index (χ2n) is 3.68. The maximum atomic E-state index is 10.9. The molecule has 1 aliphatic rings. The summed E-state index contributed by atoms with van der Waals surface area (Å²) in [7, 11) is 1.32. The van der Waals surface area contributed by atoms with Gasteiger partial charge in [-0.05, 0) is 12.8 Å². The number of amides is 1. The number of nitrogens with zero attached hydrogens (tertiary/aromatic N) is 1. The van der Waals surface area contributed by atoms with Crippen LogP contribution in [0.4, 0.5) is 0 Å². The van der Waals surface area contributed by atoms with Crippen molar-refractivity contribution in [2.45, 2.75) is 38.1 Å². The highest BCUT2D eigenvalue weighted by molar-refractivity contribution is 5.82. The third-order valence-electron chi connectivity index (χ3n) is 2.70. The minimum atomic E-state index is -0.433. The Bertz CT molecular complexity index is 244. The normalized spacial score (nSPS) is 17.7. The lowest BCUT2D eigenvalue weighted by atomic mass is 9.95. The summed E-state index contributed by atoms with van der Waals surface area (Å²) in [6.45, 7) is 0. The number of ether oxygens (including phenoxy) is 1. The Balaban J connectivity index is 2.50. The molecule has 84 valence electrons. The fourth-order valence-electron chi connectivity index (χ4n) is 1.84. The van der Waals surface area contributed by atoms with Gasteiger partial charge in [0.1, 0.15) is 0 Å². The molecule has 0 aliphatic heterocycles. The van der Waals surface area contributed by atoms with Crippen LogP contribution in [-0.2, 0) is 14.3 Å². The number of hydrogen-bond donors (Lipinski definition) is 0. The smallest absolute Gasteiger partial charge is 0.331 e. The topological polar surface area (TPSA) is 46.6 Å². The van der Waals surface area contributed by atoms with Crippen LogP contribution in [0.5, 0.6) is 0 Å². The fourth-order valence-corrected chi connectivity index (χ4v) is 1.84. The van der Waals surface area contributed by atoms with E-state index in [1.165, 1.54) is 25.8 Å². The Morgan fingerprint density at radius 2 is 2.00 bits per heavy atom. The highest BCUT2D eigenvalue weighted by atomic mass is 16.5. The zero-order valence-corrected chi connectivity index (χ0v) is 9.02. The first-order valence-electron chi connectivity index (χ1n) is 5.27. The maximum Gasteiger partial charge on any atom is 0.331 e. The molecule has 0 aromatic heterocycles. The Hall–Kier alpha value is -1.32. The van der Waals surface area contributed by atoms with E-state index in [2.05, 4.69) is 4.74 Å². The number of methoxy groups -OCH3 is 1. The van der Waals surface area contributed by atoms with Gasteiger partial charge < -0.3 is 9.64 Å². The molecule has 1 aliphatic carbocycles. The second kappa shape index (κ2) is 6.22. The molecule has 0 N–H and O–H groups in total. The molecule has 1 rings (SSSR count). The van der Waals surface area contributed by atoms with Gasteiger partial charge in [0.2, 0.25) is 6.41 Å². The molecule has 1 fully saturated rings. The van der Waals surface area contributed by atoms with E-state index in [1.54, 1.807) is 4.90 Å². The molecule has 0 aromatic rings. The number of esters is 1. The van der Waals surface area contributed by atoms with Crippen LogP contribution in [0.3, 0.4) is 0 Å². The van der Waals surface area contributed by atoms with Crippen molar-refractivity contribution < 1.29 is 14.3 Å². The van der Waals surface area contributed by atoms with Crippen LogP contribution in [0.1, 0.15) is 32.1 Å². The van der Waals surface area contributed by atoms with Gasteiger partial charge in [-0.15, -0.1) is 0 Å². The highest BCUT2D eigenvalue weighted by Crippen LogP contribution is 2.21. The second-order valence-corrected chi connectivity index (χ2v) is 3.68. The van der Waals surface area contributed by atoms with Crippen LogP contribution in [0.2, 0.25) is 0 Å². The monoisotopic (exact) mass is 211 g/mol. The fraction of sp³-hybridized carbons (Fsp3) is 0.636. The standard InChI is InChI=1S/C11H17NO3/c1-15-11(14)7-8-12(9-13)10-5-3-2-4-6-10/h7-10H,2-6H2,1H3/b8-7+. The Morgan fingerprint density at radius 1 is 1.33 bits per heavy atom. The van der Waals surface area contributed by atoms with Crippen LogP contribution in [0.15, 0.2) is 12.3 Å². The van der Waals surface area contributed by atoms with Crippen LogP contribution in [0.25, 0.3) is 0 Å².